The van der Waals surface area contributed by atoms with Crippen LogP contribution in [-0.2, 0) is 25.5 Å². The average Bonchev–Trinajstić information content (AvgIpc) is 3.14. The Labute approximate surface area is 188 Å². The fourth-order valence-corrected chi connectivity index (χ4v) is 4.80. The van der Waals surface area contributed by atoms with Crippen LogP contribution in [0.1, 0.15) is 63.9 Å². The largest absolute Gasteiger partial charge is 0.497 e. The molecule has 8 heteroatoms. The number of piperidine rings is 1. The summed E-state index contributed by atoms with van der Waals surface area (Å²) in [6.45, 7) is 2.71. The minimum absolute atomic E-state index is 0.0364. The van der Waals surface area contributed by atoms with Gasteiger partial charge < -0.3 is 19.7 Å². The molecule has 32 heavy (non-hydrogen) atoms. The Kier molecular flexibility index (Phi) is 8.10. The van der Waals surface area contributed by atoms with E-state index in [0.717, 1.165) is 19.3 Å². The smallest absolute Gasteiger partial charge is 0.307 e. The van der Waals surface area contributed by atoms with E-state index in [9.17, 15) is 18.8 Å². The third-order valence-electron chi connectivity index (χ3n) is 6.49. The summed E-state index contributed by atoms with van der Waals surface area (Å²) < 4.78 is 24.7. The van der Waals surface area contributed by atoms with Crippen LogP contribution in [0.25, 0.3) is 0 Å². The van der Waals surface area contributed by atoms with E-state index in [1.165, 1.54) is 13.2 Å². The summed E-state index contributed by atoms with van der Waals surface area (Å²) in [7, 11) is 1.52. The first-order valence-electron chi connectivity index (χ1n) is 11.4. The van der Waals surface area contributed by atoms with Gasteiger partial charge in [0.2, 0.25) is 11.8 Å². The zero-order valence-electron chi connectivity index (χ0n) is 19.0. The van der Waals surface area contributed by atoms with Crippen LogP contribution in [0.3, 0.4) is 0 Å². The molecule has 1 N–H and O–H groups in total. The molecule has 0 saturated carbocycles. The van der Waals surface area contributed by atoms with Gasteiger partial charge in [0, 0.05) is 31.0 Å². The second kappa shape index (κ2) is 10.8. The first kappa shape index (κ1) is 24.0. The van der Waals surface area contributed by atoms with Crippen molar-refractivity contribution < 1.29 is 28.2 Å². The predicted molar refractivity (Wildman–Crippen MR) is 117 cm³/mol. The van der Waals surface area contributed by atoms with Crippen LogP contribution in [0.15, 0.2) is 18.2 Å². The Balaban J connectivity index is 1.69. The summed E-state index contributed by atoms with van der Waals surface area (Å²) in [5.41, 5.74) is -0.219. The van der Waals surface area contributed by atoms with Gasteiger partial charge in [0.15, 0.2) is 0 Å². The van der Waals surface area contributed by atoms with Crippen LogP contribution in [0.4, 0.5) is 4.39 Å². The third kappa shape index (κ3) is 5.99. The number of methoxy groups -OCH3 is 1. The molecule has 176 valence electrons. The molecule has 0 unspecified atom stereocenters. The number of hydrogen-bond donors (Lipinski definition) is 1. The number of likely N-dealkylation sites (tertiary alicyclic amines) is 1. The van der Waals surface area contributed by atoms with Gasteiger partial charge in [0.05, 0.1) is 20.1 Å². The van der Waals surface area contributed by atoms with Gasteiger partial charge in [-0.25, -0.2) is 4.39 Å². The van der Waals surface area contributed by atoms with E-state index >= 15 is 0 Å². The van der Waals surface area contributed by atoms with Crippen LogP contribution in [0, 0.1) is 5.82 Å². The third-order valence-corrected chi connectivity index (χ3v) is 6.49. The van der Waals surface area contributed by atoms with Gasteiger partial charge in [-0.05, 0) is 69.2 Å². The zero-order chi connectivity index (χ0) is 23.1. The first-order chi connectivity index (χ1) is 15.4. The van der Waals surface area contributed by atoms with E-state index in [4.69, 9.17) is 9.47 Å². The van der Waals surface area contributed by atoms with Gasteiger partial charge in [-0.1, -0.05) is 0 Å². The highest BCUT2D eigenvalue weighted by Gasteiger charge is 2.39. The fourth-order valence-electron chi connectivity index (χ4n) is 4.80. The highest BCUT2D eigenvalue weighted by Crippen LogP contribution is 2.32. The molecule has 2 aliphatic heterocycles. The SMILES string of the molecule is CCOC(=O)C[C@H]1CCCCN1C(=O)CC[C@]1(Cc2cc(OC)ccc2F)CCC(=O)N1. The summed E-state index contributed by atoms with van der Waals surface area (Å²) in [6.07, 6.45) is 4.70. The van der Waals surface area contributed by atoms with Crippen LogP contribution in [-0.4, -0.2) is 54.5 Å². The number of benzene rings is 1. The van der Waals surface area contributed by atoms with E-state index < -0.39 is 5.54 Å². The molecular formula is C24H33FN2O5. The van der Waals surface area contributed by atoms with Crippen molar-refractivity contribution in [2.75, 3.05) is 20.3 Å². The van der Waals surface area contributed by atoms with Gasteiger partial charge in [0.1, 0.15) is 11.6 Å². The van der Waals surface area contributed by atoms with Gasteiger partial charge in [-0.3, -0.25) is 14.4 Å². The minimum Gasteiger partial charge on any atom is -0.497 e. The molecule has 3 rings (SSSR count). The molecule has 1 aromatic carbocycles. The van der Waals surface area contributed by atoms with Crippen molar-refractivity contribution in [2.45, 2.75) is 76.3 Å². The number of hydrogen-bond acceptors (Lipinski definition) is 5. The molecule has 2 amide bonds. The molecule has 2 atom stereocenters. The molecule has 2 saturated heterocycles. The van der Waals surface area contributed by atoms with Crippen molar-refractivity contribution in [1.82, 2.24) is 10.2 Å². The van der Waals surface area contributed by atoms with Gasteiger partial charge in [0.25, 0.3) is 0 Å². The average molecular weight is 449 g/mol. The number of ether oxygens (including phenoxy) is 2. The molecule has 1 aromatic rings. The second-order valence-electron chi connectivity index (χ2n) is 8.71. The Hall–Kier alpha value is -2.64. The van der Waals surface area contributed by atoms with E-state index in [1.807, 2.05) is 0 Å². The summed E-state index contributed by atoms with van der Waals surface area (Å²) in [5, 5.41) is 3.01. The summed E-state index contributed by atoms with van der Waals surface area (Å²) in [5.74, 6) is -0.218. The zero-order valence-corrected chi connectivity index (χ0v) is 19.0. The second-order valence-corrected chi connectivity index (χ2v) is 8.71. The molecule has 2 fully saturated rings. The van der Waals surface area contributed by atoms with Crippen LogP contribution >= 0.6 is 0 Å². The van der Waals surface area contributed by atoms with Crippen molar-refractivity contribution in [3.8, 4) is 5.75 Å². The lowest BCUT2D eigenvalue weighted by Crippen LogP contribution is -2.48. The van der Waals surface area contributed by atoms with Crippen LogP contribution in [0.2, 0.25) is 0 Å². The Morgan fingerprint density at radius 1 is 1.31 bits per heavy atom. The summed E-state index contributed by atoms with van der Waals surface area (Å²) >= 11 is 0. The molecule has 0 radical (unpaired) electrons. The number of nitrogens with zero attached hydrogens (tertiary/aromatic N) is 1. The van der Waals surface area contributed by atoms with Gasteiger partial charge >= 0.3 is 5.97 Å². The van der Waals surface area contributed by atoms with Gasteiger partial charge in [-0.2, -0.15) is 0 Å². The van der Waals surface area contributed by atoms with E-state index in [2.05, 4.69) is 5.32 Å². The maximum atomic E-state index is 14.5. The van der Waals surface area contributed by atoms with E-state index in [-0.39, 0.29) is 42.5 Å². The lowest BCUT2D eigenvalue weighted by Gasteiger charge is -2.36. The Bertz CT molecular complexity index is 846. The van der Waals surface area contributed by atoms with Crippen molar-refractivity contribution in [2.24, 2.45) is 0 Å². The van der Waals surface area contributed by atoms with Crippen molar-refractivity contribution in [3.05, 3.63) is 29.6 Å². The first-order valence-corrected chi connectivity index (χ1v) is 11.4. The van der Waals surface area contributed by atoms with Crippen molar-refractivity contribution in [1.29, 1.82) is 0 Å². The summed E-state index contributed by atoms with van der Waals surface area (Å²) in [4.78, 5) is 38.9. The maximum Gasteiger partial charge on any atom is 0.307 e. The molecule has 7 nitrogen and oxygen atoms in total. The minimum atomic E-state index is -0.674. The lowest BCUT2D eigenvalue weighted by atomic mass is 9.84. The standard InChI is InChI=1S/C24H33FN2O5/c1-3-32-23(30)15-18-6-4-5-13-27(18)22(29)10-12-24(11-9-21(28)26-24)16-17-14-19(31-2)7-8-20(17)25/h7-8,14,18H,3-6,9-13,15-16H2,1-2H3,(H,26,28)/t18-,24+/m1/s1. The van der Waals surface area contributed by atoms with E-state index in [1.54, 1.807) is 24.0 Å². The van der Waals surface area contributed by atoms with Crippen LogP contribution < -0.4 is 10.1 Å². The number of carbonyl (C=O) groups is 3. The topological polar surface area (TPSA) is 84.9 Å². The molecule has 0 aromatic heterocycles. The molecule has 0 spiro atoms. The van der Waals surface area contributed by atoms with Crippen molar-refractivity contribution >= 4 is 17.8 Å². The van der Waals surface area contributed by atoms with Crippen LogP contribution in [0.5, 0.6) is 5.75 Å². The number of carbonyl (C=O) groups excluding carboxylic acids is 3. The monoisotopic (exact) mass is 448 g/mol. The summed E-state index contributed by atoms with van der Waals surface area (Å²) in [6, 6.07) is 4.41. The Morgan fingerprint density at radius 2 is 2.12 bits per heavy atom. The molecular weight excluding hydrogens is 415 g/mol. The number of halogens is 1. The molecule has 2 heterocycles. The lowest BCUT2D eigenvalue weighted by molar-refractivity contribution is -0.146. The highest BCUT2D eigenvalue weighted by atomic mass is 19.1. The number of amides is 2. The van der Waals surface area contributed by atoms with Gasteiger partial charge in [-0.15, -0.1) is 0 Å². The normalized spacial score (nSPS) is 23.0. The molecule has 0 aliphatic carbocycles. The number of esters is 1. The maximum absolute atomic E-state index is 14.5. The molecule has 2 aliphatic rings. The fraction of sp³-hybridized carbons (Fsp3) is 0.625. The number of rotatable bonds is 9. The van der Waals surface area contributed by atoms with Crippen molar-refractivity contribution in [3.63, 3.8) is 0 Å². The quantitative estimate of drug-likeness (QED) is 0.587. The number of nitrogens with one attached hydrogen (secondary N) is 1. The highest BCUT2D eigenvalue weighted by molar-refractivity contribution is 5.81. The predicted octanol–water partition coefficient (Wildman–Crippen LogP) is 3.14. The molecule has 0 bridgehead atoms. The Morgan fingerprint density at radius 3 is 2.81 bits per heavy atom. The van der Waals surface area contributed by atoms with E-state index in [0.29, 0.717) is 50.1 Å².